The second-order valence-corrected chi connectivity index (χ2v) is 6.62. The van der Waals surface area contributed by atoms with Crippen molar-refractivity contribution in [2.24, 2.45) is 0 Å². The van der Waals surface area contributed by atoms with Gasteiger partial charge in [-0.15, -0.1) is 0 Å². The lowest BCUT2D eigenvalue weighted by molar-refractivity contribution is -0.00874. The van der Waals surface area contributed by atoms with Crippen molar-refractivity contribution in [3.63, 3.8) is 0 Å². The van der Waals surface area contributed by atoms with Crippen LogP contribution in [0.3, 0.4) is 0 Å². The average molecular weight is 288 g/mol. The van der Waals surface area contributed by atoms with Gasteiger partial charge in [0.05, 0.1) is 18.8 Å². The zero-order valence-electron chi connectivity index (χ0n) is 13.3. The summed E-state index contributed by atoms with van der Waals surface area (Å²) in [7, 11) is 0. The third-order valence-corrected chi connectivity index (χ3v) is 4.73. The molecule has 1 heterocycles. The number of ether oxygens (including phenoxy) is 1. The molecule has 1 saturated heterocycles. The SMILES string of the molecule is CC(C)NCc1ccccc1N1CCOC2CCCCC21. The second-order valence-electron chi connectivity index (χ2n) is 6.62. The van der Waals surface area contributed by atoms with Crippen LogP contribution in [0.15, 0.2) is 24.3 Å². The first-order valence-corrected chi connectivity index (χ1v) is 8.45. The van der Waals surface area contributed by atoms with Crippen LogP contribution in [0.25, 0.3) is 0 Å². The van der Waals surface area contributed by atoms with Gasteiger partial charge in [-0.2, -0.15) is 0 Å². The Balaban J connectivity index is 1.81. The van der Waals surface area contributed by atoms with E-state index in [1.165, 1.54) is 36.9 Å². The van der Waals surface area contributed by atoms with Gasteiger partial charge in [-0.3, -0.25) is 0 Å². The maximum Gasteiger partial charge on any atom is 0.0779 e. The van der Waals surface area contributed by atoms with Crippen LogP contribution < -0.4 is 10.2 Å². The molecule has 21 heavy (non-hydrogen) atoms. The third-order valence-electron chi connectivity index (χ3n) is 4.73. The Labute approximate surface area is 128 Å². The Kier molecular flexibility index (Phi) is 4.81. The molecule has 0 bridgehead atoms. The quantitative estimate of drug-likeness (QED) is 0.919. The molecule has 2 unspecified atom stereocenters. The molecule has 1 N–H and O–H groups in total. The van der Waals surface area contributed by atoms with E-state index in [2.05, 4.69) is 48.3 Å². The molecule has 116 valence electrons. The summed E-state index contributed by atoms with van der Waals surface area (Å²) in [6.45, 7) is 7.25. The molecule has 3 heteroatoms. The summed E-state index contributed by atoms with van der Waals surface area (Å²) in [6.07, 6.45) is 5.61. The second kappa shape index (κ2) is 6.80. The van der Waals surface area contributed by atoms with Crippen molar-refractivity contribution in [2.45, 2.75) is 64.3 Å². The molecule has 2 fully saturated rings. The van der Waals surface area contributed by atoms with Gasteiger partial charge < -0.3 is 15.0 Å². The van der Waals surface area contributed by atoms with E-state index in [-0.39, 0.29) is 0 Å². The largest absolute Gasteiger partial charge is 0.374 e. The van der Waals surface area contributed by atoms with E-state index in [1.54, 1.807) is 0 Å². The van der Waals surface area contributed by atoms with Crippen LogP contribution in [0, 0.1) is 0 Å². The molecule has 0 aromatic heterocycles. The summed E-state index contributed by atoms with van der Waals surface area (Å²) in [5.41, 5.74) is 2.82. The fraction of sp³-hybridized carbons (Fsp3) is 0.667. The number of nitrogens with zero attached hydrogens (tertiary/aromatic N) is 1. The van der Waals surface area contributed by atoms with Crippen LogP contribution in [-0.2, 0) is 11.3 Å². The molecule has 2 aliphatic rings. The van der Waals surface area contributed by atoms with E-state index >= 15 is 0 Å². The molecule has 1 saturated carbocycles. The lowest BCUT2D eigenvalue weighted by Gasteiger charge is -2.45. The minimum Gasteiger partial charge on any atom is -0.374 e. The van der Waals surface area contributed by atoms with Gasteiger partial charge >= 0.3 is 0 Å². The average Bonchev–Trinajstić information content (AvgIpc) is 2.53. The first-order valence-electron chi connectivity index (χ1n) is 8.45. The van der Waals surface area contributed by atoms with Crippen LogP contribution in [-0.4, -0.2) is 31.3 Å². The van der Waals surface area contributed by atoms with Gasteiger partial charge in [0.2, 0.25) is 0 Å². The van der Waals surface area contributed by atoms with Crippen LogP contribution in [0.2, 0.25) is 0 Å². The van der Waals surface area contributed by atoms with Gasteiger partial charge in [0.25, 0.3) is 0 Å². The molecule has 0 amide bonds. The molecule has 0 spiro atoms. The molecule has 1 aromatic rings. The monoisotopic (exact) mass is 288 g/mol. The molecule has 3 rings (SSSR count). The highest BCUT2D eigenvalue weighted by molar-refractivity contribution is 5.55. The Morgan fingerprint density at radius 2 is 2.05 bits per heavy atom. The number of hydrogen-bond acceptors (Lipinski definition) is 3. The van der Waals surface area contributed by atoms with Crippen LogP contribution in [0.4, 0.5) is 5.69 Å². The fourth-order valence-electron chi connectivity index (χ4n) is 3.65. The first-order chi connectivity index (χ1) is 10.3. The molecular formula is C18H28N2O. The Morgan fingerprint density at radius 3 is 2.90 bits per heavy atom. The van der Waals surface area contributed by atoms with Crippen LogP contribution in [0.5, 0.6) is 0 Å². The summed E-state index contributed by atoms with van der Waals surface area (Å²) in [4.78, 5) is 2.62. The number of hydrogen-bond donors (Lipinski definition) is 1. The van der Waals surface area contributed by atoms with Crippen molar-refractivity contribution in [3.8, 4) is 0 Å². The van der Waals surface area contributed by atoms with Gasteiger partial charge in [-0.25, -0.2) is 0 Å². The molecular weight excluding hydrogens is 260 g/mol. The maximum absolute atomic E-state index is 6.01. The predicted molar refractivity (Wildman–Crippen MR) is 87.8 cm³/mol. The van der Waals surface area contributed by atoms with Gasteiger partial charge in [0.1, 0.15) is 0 Å². The Bertz CT molecular complexity index is 458. The minimum absolute atomic E-state index is 0.443. The Hall–Kier alpha value is -1.06. The van der Waals surface area contributed by atoms with Crippen molar-refractivity contribution in [3.05, 3.63) is 29.8 Å². The van der Waals surface area contributed by atoms with Gasteiger partial charge in [0.15, 0.2) is 0 Å². The van der Waals surface area contributed by atoms with Crippen molar-refractivity contribution >= 4 is 5.69 Å². The Morgan fingerprint density at radius 1 is 1.24 bits per heavy atom. The maximum atomic E-state index is 6.01. The molecule has 1 aliphatic heterocycles. The van der Waals surface area contributed by atoms with Gasteiger partial charge in [0, 0.05) is 24.8 Å². The lowest BCUT2D eigenvalue weighted by Crippen LogP contribution is -2.53. The van der Waals surface area contributed by atoms with E-state index in [4.69, 9.17) is 4.74 Å². The van der Waals surface area contributed by atoms with Crippen molar-refractivity contribution in [2.75, 3.05) is 18.1 Å². The highest BCUT2D eigenvalue weighted by atomic mass is 16.5. The third kappa shape index (κ3) is 3.41. The minimum atomic E-state index is 0.443. The summed E-state index contributed by atoms with van der Waals surface area (Å²) >= 11 is 0. The van der Waals surface area contributed by atoms with Crippen molar-refractivity contribution in [1.29, 1.82) is 0 Å². The van der Waals surface area contributed by atoms with Crippen LogP contribution in [0.1, 0.15) is 45.1 Å². The summed E-state index contributed by atoms with van der Waals surface area (Å²) in [5.74, 6) is 0. The highest BCUT2D eigenvalue weighted by Crippen LogP contribution is 2.33. The number of fused-ring (bicyclic) bond motifs is 1. The van der Waals surface area contributed by atoms with E-state index in [0.717, 1.165) is 19.7 Å². The standard InChI is InChI=1S/C18H28N2O/c1-14(2)19-13-15-7-3-4-8-16(15)20-11-12-21-18-10-6-5-9-17(18)20/h3-4,7-8,14,17-19H,5-6,9-13H2,1-2H3. The summed E-state index contributed by atoms with van der Waals surface area (Å²) in [5, 5.41) is 3.56. The molecule has 1 aromatic carbocycles. The molecule has 2 atom stereocenters. The zero-order valence-corrected chi connectivity index (χ0v) is 13.3. The first kappa shape index (κ1) is 14.9. The normalized spacial score (nSPS) is 26.0. The van der Waals surface area contributed by atoms with E-state index in [1.807, 2.05) is 0 Å². The lowest BCUT2D eigenvalue weighted by atomic mass is 9.89. The summed E-state index contributed by atoms with van der Waals surface area (Å²) in [6, 6.07) is 9.96. The zero-order chi connectivity index (χ0) is 14.7. The number of morpholine rings is 1. The molecule has 0 radical (unpaired) electrons. The molecule has 1 aliphatic carbocycles. The smallest absolute Gasteiger partial charge is 0.0779 e. The van der Waals surface area contributed by atoms with E-state index < -0.39 is 0 Å². The topological polar surface area (TPSA) is 24.5 Å². The van der Waals surface area contributed by atoms with Gasteiger partial charge in [-0.05, 0) is 24.5 Å². The van der Waals surface area contributed by atoms with Crippen LogP contribution >= 0.6 is 0 Å². The van der Waals surface area contributed by atoms with Gasteiger partial charge in [-0.1, -0.05) is 44.9 Å². The highest BCUT2D eigenvalue weighted by Gasteiger charge is 2.34. The fourth-order valence-corrected chi connectivity index (χ4v) is 3.65. The summed E-state index contributed by atoms with van der Waals surface area (Å²) < 4.78 is 6.01. The predicted octanol–water partition coefficient (Wildman–Crippen LogP) is 3.33. The van der Waals surface area contributed by atoms with E-state index in [9.17, 15) is 0 Å². The number of benzene rings is 1. The number of rotatable bonds is 4. The number of para-hydroxylation sites is 1. The van der Waals surface area contributed by atoms with Crippen molar-refractivity contribution < 1.29 is 4.74 Å². The van der Waals surface area contributed by atoms with E-state index in [0.29, 0.717) is 18.2 Å². The van der Waals surface area contributed by atoms with Crippen molar-refractivity contribution in [1.82, 2.24) is 5.32 Å². The molecule has 3 nitrogen and oxygen atoms in total. The number of nitrogens with one attached hydrogen (secondary N) is 1. The number of anilines is 1.